The van der Waals surface area contributed by atoms with Crippen molar-refractivity contribution in [1.29, 1.82) is 0 Å². The van der Waals surface area contributed by atoms with Crippen LogP contribution in [0.25, 0.3) is 5.78 Å². The molecule has 0 radical (unpaired) electrons. The van der Waals surface area contributed by atoms with Gasteiger partial charge in [-0.15, -0.1) is 0 Å². The first-order valence-corrected chi connectivity index (χ1v) is 8.57. The number of carbonyl (C=O) groups is 1. The summed E-state index contributed by atoms with van der Waals surface area (Å²) in [6.07, 6.45) is 2.34. The minimum Gasteiger partial charge on any atom is -0.355 e. The normalized spacial score (nSPS) is 11.0. The number of aromatic nitrogens is 4. The molecule has 2 aromatic heterocycles. The number of hydrogen-bond acceptors (Lipinski definition) is 4. The van der Waals surface area contributed by atoms with Crippen molar-refractivity contribution in [2.75, 3.05) is 6.54 Å². The van der Waals surface area contributed by atoms with Crippen molar-refractivity contribution in [2.24, 2.45) is 0 Å². The van der Waals surface area contributed by atoms with E-state index in [4.69, 9.17) is 23.2 Å². The number of carbonyl (C=O) groups excluding carboxylic acids is 1. The van der Waals surface area contributed by atoms with Gasteiger partial charge >= 0.3 is 0 Å². The van der Waals surface area contributed by atoms with Crippen molar-refractivity contribution in [1.82, 2.24) is 24.9 Å². The molecular formula is C17H17Cl2N5O. The number of aryl methyl sites for hydroxylation is 2. The zero-order chi connectivity index (χ0) is 18.0. The largest absolute Gasteiger partial charge is 0.355 e. The number of rotatable bonds is 5. The summed E-state index contributed by atoms with van der Waals surface area (Å²) in [5.41, 5.74) is 3.47. The molecule has 8 heteroatoms. The molecule has 3 rings (SSSR count). The fraction of sp³-hybridized carbons (Fsp3) is 0.294. The standard InChI is InChI=1S/C17H17Cl2N5O/c1-10-14(11(2)24-17(23-10)21-9-22-24)8-16(25)20-6-5-12-3-4-13(18)7-15(12)19/h3-4,7,9H,5-6,8H2,1-2H3,(H,20,25). The molecule has 3 aromatic rings. The van der Waals surface area contributed by atoms with Gasteiger partial charge in [-0.1, -0.05) is 29.3 Å². The molecule has 1 N–H and O–H groups in total. The lowest BCUT2D eigenvalue weighted by Gasteiger charge is -2.11. The maximum absolute atomic E-state index is 12.3. The van der Waals surface area contributed by atoms with Gasteiger partial charge in [0.15, 0.2) is 0 Å². The van der Waals surface area contributed by atoms with Crippen LogP contribution < -0.4 is 5.32 Å². The summed E-state index contributed by atoms with van der Waals surface area (Å²) >= 11 is 12.0. The highest BCUT2D eigenvalue weighted by atomic mass is 35.5. The highest BCUT2D eigenvalue weighted by Crippen LogP contribution is 2.21. The van der Waals surface area contributed by atoms with Crippen LogP contribution in [0.3, 0.4) is 0 Å². The molecule has 0 aliphatic heterocycles. The van der Waals surface area contributed by atoms with E-state index in [1.54, 1.807) is 16.6 Å². The summed E-state index contributed by atoms with van der Waals surface area (Å²) in [5.74, 6) is 0.467. The number of hydrogen-bond donors (Lipinski definition) is 1. The molecule has 0 saturated heterocycles. The van der Waals surface area contributed by atoms with Crippen molar-refractivity contribution < 1.29 is 4.79 Å². The first-order valence-electron chi connectivity index (χ1n) is 7.82. The number of amides is 1. The van der Waals surface area contributed by atoms with Gasteiger partial charge in [0.1, 0.15) is 6.33 Å². The maximum Gasteiger partial charge on any atom is 0.252 e. The number of nitrogens with one attached hydrogen (secondary N) is 1. The second-order valence-corrected chi connectivity index (χ2v) is 6.59. The Morgan fingerprint density at radius 1 is 1.28 bits per heavy atom. The molecule has 1 aromatic carbocycles. The predicted octanol–water partition coefficient (Wildman–Crippen LogP) is 2.95. The second-order valence-electron chi connectivity index (χ2n) is 5.75. The van der Waals surface area contributed by atoms with E-state index in [1.165, 1.54) is 6.33 Å². The molecule has 0 saturated carbocycles. The van der Waals surface area contributed by atoms with Gasteiger partial charge in [-0.05, 0) is 38.0 Å². The topological polar surface area (TPSA) is 72.2 Å². The summed E-state index contributed by atoms with van der Waals surface area (Å²) in [7, 11) is 0. The summed E-state index contributed by atoms with van der Waals surface area (Å²) in [4.78, 5) is 20.7. The Hall–Kier alpha value is -2.18. The molecule has 0 bridgehead atoms. The zero-order valence-electron chi connectivity index (χ0n) is 13.9. The Morgan fingerprint density at radius 2 is 2.08 bits per heavy atom. The molecule has 25 heavy (non-hydrogen) atoms. The smallest absolute Gasteiger partial charge is 0.252 e. The Kier molecular flexibility index (Phi) is 5.20. The van der Waals surface area contributed by atoms with E-state index in [0.29, 0.717) is 28.8 Å². The van der Waals surface area contributed by atoms with Crippen molar-refractivity contribution >= 4 is 34.9 Å². The van der Waals surface area contributed by atoms with Crippen molar-refractivity contribution in [3.63, 3.8) is 0 Å². The second kappa shape index (κ2) is 7.37. The van der Waals surface area contributed by atoms with Gasteiger partial charge in [-0.2, -0.15) is 10.1 Å². The summed E-state index contributed by atoms with van der Waals surface area (Å²) < 4.78 is 1.64. The van der Waals surface area contributed by atoms with Crippen LogP contribution in [-0.4, -0.2) is 32.0 Å². The van der Waals surface area contributed by atoms with Crippen LogP contribution in [-0.2, 0) is 17.6 Å². The van der Waals surface area contributed by atoms with Crippen LogP contribution in [0.1, 0.15) is 22.5 Å². The Bertz CT molecular complexity index is 938. The van der Waals surface area contributed by atoms with Crippen LogP contribution in [0.15, 0.2) is 24.5 Å². The molecule has 0 aliphatic carbocycles. The lowest BCUT2D eigenvalue weighted by atomic mass is 10.1. The van der Waals surface area contributed by atoms with E-state index in [-0.39, 0.29) is 12.3 Å². The summed E-state index contributed by atoms with van der Waals surface area (Å²) in [6, 6.07) is 5.36. The average molecular weight is 378 g/mol. The number of halogens is 2. The molecular weight excluding hydrogens is 361 g/mol. The third-order valence-corrected chi connectivity index (χ3v) is 4.64. The van der Waals surface area contributed by atoms with Crippen LogP contribution in [0, 0.1) is 13.8 Å². The third kappa shape index (κ3) is 3.91. The fourth-order valence-corrected chi connectivity index (χ4v) is 3.20. The average Bonchev–Trinajstić information content (AvgIpc) is 3.02. The molecule has 0 spiro atoms. The van der Waals surface area contributed by atoms with Crippen LogP contribution in [0.4, 0.5) is 0 Å². The SMILES string of the molecule is Cc1nc2ncnn2c(C)c1CC(=O)NCCc1ccc(Cl)cc1Cl. The first kappa shape index (κ1) is 17.6. The quantitative estimate of drug-likeness (QED) is 0.741. The molecule has 130 valence electrons. The Labute approximate surface area is 155 Å². The van der Waals surface area contributed by atoms with Gasteiger partial charge in [-0.25, -0.2) is 9.50 Å². The molecule has 0 fully saturated rings. The molecule has 0 aliphatic rings. The van der Waals surface area contributed by atoms with E-state index >= 15 is 0 Å². The number of benzene rings is 1. The van der Waals surface area contributed by atoms with Crippen LogP contribution in [0.2, 0.25) is 10.0 Å². The third-order valence-electron chi connectivity index (χ3n) is 4.06. The first-order chi connectivity index (χ1) is 12.0. The minimum atomic E-state index is -0.0717. The Morgan fingerprint density at radius 3 is 2.84 bits per heavy atom. The fourth-order valence-electron chi connectivity index (χ4n) is 2.70. The molecule has 0 unspecified atom stereocenters. The highest BCUT2D eigenvalue weighted by molar-refractivity contribution is 6.35. The molecule has 6 nitrogen and oxygen atoms in total. The van der Waals surface area contributed by atoms with E-state index in [2.05, 4.69) is 20.4 Å². The van der Waals surface area contributed by atoms with Gasteiger partial charge in [-0.3, -0.25) is 4.79 Å². The van der Waals surface area contributed by atoms with E-state index < -0.39 is 0 Å². The van der Waals surface area contributed by atoms with E-state index in [9.17, 15) is 4.79 Å². The molecule has 1 amide bonds. The van der Waals surface area contributed by atoms with Gasteiger partial charge < -0.3 is 5.32 Å². The predicted molar refractivity (Wildman–Crippen MR) is 97.1 cm³/mol. The number of nitrogens with zero attached hydrogens (tertiary/aromatic N) is 4. The van der Waals surface area contributed by atoms with E-state index in [0.717, 1.165) is 22.5 Å². The Balaban J connectivity index is 1.63. The minimum absolute atomic E-state index is 0.0717. The van der Waals surface area contributed by atoms with Crippen LogP contribution in [0.5, 0.6) is 0 Å². The molecule has 2 heterocycles. The van der Waals surface area contributed by atoms with Gasteiger partial charge in [0.2, 0.25) is 5.91 Å². The van der Waals surface area contributed by atoms with Crippen LogP contribution >= 0.6 is 23.2 Å². The van der Waals surface area contributed by atoms with Crippen molar-refractivity contribution in [3.8, 4) is 0 Å². The highest BCUT2D eigenvalue weighted by Gasteiger charge is 2.14. The lowest BCUT2D eigenvalue weighted by molar-refractivity contribution is -0.120. The van der Waals surface area contributed by atoms with E-state index in [1.807, 2.05) is 19.9 Å². The van der Waals surface area contributed by atoms with Gasteiger partial charge in [0.25, 0.3) is 5.78 Å². The van der Waals surface area contributed by atoms with Gasteiger partial charge in [0.05, 0.1) is 6.42 Å². The summed E-state index contributed by atoms with van der Waals surface area (Å²) in [6.45, 7) is 4.28. The van der Waals surface area contributed by atoms with Crippen molar-refractivity contribution in [2.45, 2.75) is 26.7 Å². The number of fused-ring (bicyclic) bond motifs is 1. The van der Waals surface area contributed by atoms with Gasteiger partial charge in [0, 0.05) is 33.5 Å². The summed E-state index contributed by atoms with van der Waals surface area (Å²) in [5, 5.41) is 8.25. The van der Waals surface area contributed by atoms with Crippen molar-refractivity contribution in [3.05, 3.63) is 57.1 Å². The zero-order valence-corrected chi connectivity index (χ0v) is 15.4. The molecule has 0 atom stereocenters. The lowest BCUT2D eigenvalue weighted by Crippen LogP contribution is -2.28. The monoisotopic (exact) mass is 377 g/mol. The maximum atomic E-state index is 12.3.